The van der Waals surface area contributed by atoms with Crippen LogP contribution >= 0.6 is 7.82 Å². The van der Waals surface area contributed by atoms with Crippen molar-refractivity contribution in [3.8, 4) is 11.5 Å². The number of phosphoric ester groups is 1. The number of aliphatic hydroxyl groups excluding tert-OH is 3. The first-order valence-corrected chi connectivity index (χ1v) is 10.5. The Bertz CT molecular complexity index is 1260. The molecule has 0 saturated carbocycles. The zero-order valence-corrected chi connectivity index (χ0v) is 23.8. The number of nitrogens with zero attached hydrogens (tertiary/aromatic N) is 3. The Balaban J connectivity index is 0.00000363. The van der Waals surface area contributed by atoms with Crippen molar-refractivity contribution in [2.24, 2.45) is 0 Å². The van der Waals surface area contributed by atoms with E-state index >= 15 is 0 Å². The molecule has 2 aliphatic heterocycles. The molecule has 3 atom stereocenters. The molecule has 0 fully saturated rings. The molecular formula is C17H21N4Na2O10P. The first kappa shape index (κ1) is 33.4. The van der Waals surface area contributed by atoms with Crippen LogP contribution in [0.1, 0.15) is 11.1 Å². The number of nitrogens with one attached hydrogen (secondary N) is 1. The van der Waals surface area contributed by atoms with Crippen molar-refractivity contribution in [2.75, 3.05) is 6.61 Å². The third-order valence-electron chi connectivity index (χ3n) is 4.79. The normalized spacial score (nSPS) is 14.0. The second-order valence-corrected chi connectivity index (χ2v) is 8.21. The van der Waals surface area contributed by atoms with Gasteiger partial charge in [0.25, 0.3) is 5.56 Å². The molecule has 0 aliphatic carbocycles. The van der Waals surface area contributed by atoms with Gasteiger partial charge >= 0.3 is 64.8 Å². The number of aromatic nitrogens is 4. The Labute approximate surface area is 236 Å². The molecule has 3 rings (SSSR count). The number of H-pyrrole nitrogens is 1. The molecule has 2 heterocycles. The molecule has 176 valence electrons. The van der Waals surface area contributed by atoms with Crippen molar-refractivity contribution < 1.29 is 98.8 Å². The Morgan fingerprint density at radius 2 is 1.68 bits per heavy atom. The van der Waals surface area contributed by atoms with Crippen molar-refractivity contribution in [1.82, 2.24) is 19.5 Å². The zero-order valence-electron chi connectivity index (χ0n) is 18.9. The van der Waals surface area contributed by atoms with Gasteiger partial charge in [-0.25, -0.2) is 9.78 Å². The molecule has 2 aliphatic rings. The first-order chi connectivity index (χ1) is 14.4. The van der Waals surface area contributed by atoms with Crippen molar-refractivity contribution in [3.63, 3.8) is 0 Å². The number of rotatable bonds is 7. The van der Waals surface area contributed by atoms with E-state index in [2.05, 4.69) is 14.5 Å². The molecule has 6 N–H and O–H groups in total. The van der Waals surface area contributed by atoms with E-state index in [1.165, 1.54) is 4.57 Å². The van der Waals surface area contributed by atoms with Gasteiger partial charge in [0.2, 0.25) is 0 Å². The van der Waals surface area contributed by atoms with E-state index < -0.39 is 50.5 Å². The monoisotopic (exact) mass is 518 g/mol. The molecular weight excluding hydrogens is 497 g/mol. The molecule has 0 spiro atoms. The summed E-state index contributed by atoms with van der Waals surface area (Å²) in [5.74, 6) is -0.162. The molecule has 0 saturated heterocycles. The number of aromatic amines is 1. The molecule has 0 aromatic heterocycles. The SMILES string of the molecule is Cc1cc2nc3c(=O)[nH]c(=O)nc-3n(CC(O)C(O)C(O)COP(=O)([O-])[O-])c2cc1C.O.[Na+].[Na+]. The minimum Gasteiger partial charge on any atom is -0.790 e. The fourth-order valence-corrected chi connectivity index (χ4v) is 3.39. The van der Waals surface area contributed by atoms with Crippen LogP contribution in [0, 0.1) is 13.8 Å². The van der Waals surface area contributed by atoms with Gasteiger partial charge in [-0.3, -0.25) is 9.78 Å². The van der Waals surface area contributed by atoms with Crippen LogP contribution in [0.4, 0.5) is 0 Å². The molecule has 0 radical (unpaired) electrons. The van der Waals surface area contributed by atoms with E-state index in [0.717, 1.165) is 11.1 Å². The summed E-state index contributed by atoms with van der Waals surface area (Å²) in [7, 11) is -5.39. The summed E-state index contributed by atoms with van der Waals surface area (Å²) in [5.41, 5.74) is 0.512. The second kappa shape index (κ2) is 13.1. The minimum absolute atomic E-state index is 0. The van der Waals surface area contributed by atoms with Gasteiger partial charge in [0.15, 0.2) is 11.5 Å². The van der Waals surface area contributed by atoms with E-state index in [-0.39, 0.29) is 76.1 Å². The van der Waals surface area contributed by atoms with Crippen LogP contribution < -0.4 is 80.2 Å². The predicted molar refractivity (Wildman–Crippen MR) is 106 cm³/mol. The average molecular weight is 518 g/mol. The zero-order chi connectivity index (χ0) is 23.1. The summed E-state index contributed by atoms with van der Waals surface area (Å²) in [5, 5.41) is 30.4. The number of benzene rings is 1. The summed E-state index contributed by atoms with van der Waals surface area (Å²) < 4.78 is 15.8. The Morgan fingerprint density at radius 1 is 1.09 bits per heavy atom. The van der Waals surface area contributed by atoms with Crippen molar-refractivity contribution in [3.05, 3.63) is 44.1 Å². The van der Waals surface area contributed by atoms with Gasteiger partial charge in [-0.05, 0) is 37.1 Å². The van der Waals surface area contributed by atoms with Crippen LogP contribution in [0.25, 0.3) is 22.6 Å². The molecule has 34 heavy (non-hydrogen) atoms. The summed E-state index contributed by atoms with van der Waals surface area (Å²) in [6, 6.07) is 3.38. The van der Waals surface area contributed by atoms with Gasteiger partial charge in [0, 0.05) is 0 Å². The molecule has 17 heteroatoms. The summed E-state index contributed by atoms with van der Waals surface area (Å²) in [6.45, 7) is 2.11. The fraction of sp³-hybridized carbons (Fsp3) is 0.412. The van der Waals surface area contributed by atoms with E-state index in [1.54, 1.807) is 12.1 Å². The third kappa shape index (κ3) is 7.72. The van der Waals surface area contributed by atoms with E-state index in [0.29, 0.717) is 11.0 Å². The molecule has 0 amide bonds. The van der Waals surface area contributed by atoms with Gasteiger partial charge in [0.1, 0.15) is 18.3 Å². The van der Waals surface area contributed by atoms with E-state index in [4.69, 9.17) is 0 Å². The van der Waals surface area contributed by atoms with Gasteiger partial charge in [-0.2, -0.15) is 4.98 Å². The summed E-state index contributed by atoms with van der Waals surface area (Å²) >= 11 is 0. The molecule has 1 aromatic rings. The fourth-order valence-electron chi connectivity index (χ4n) is 3.05. The average Bonchev–Trinajstić information content (AvgIpc) is 2.67. The topological polar surface area (TPSA) is 245 Å². The van der Waals surface area contributed by atoms with Crippen molar-refractivity contribution in [1.29, 1.82) is 0 Å². The van der Waals surface area contributed by atoms with Crippen LogP contribution in [0.5, 0.6) is 0 Å². The molecule has 1 aromatic carbocycles. The molecule has 0 bridgehead atoms. The van der Waals surface area contributed by atoms with Crippen LogP contribution in [-0.2, 0) is 15.6 Å². The standard InChI is InChI=1S/C17H21N4O9P.2Na.H2O/c1-7-3-9-10(4-8(7)2)21(15-13(18-9)16(25)20-17(26)19-15)5-11(22)14(24)12(23)6-30-31(27,28)29;;;/h3-4,11-12,14,22-24H,5-6H2,1-2H3,(H,20,25,26)(H2,27,28,29);;;1H2/q;2*+1;/p-2. The van der Waals surface area contributed by atoms with Crippen LogP contribution in [0.2, 0.25) is 0 Å². The Kier molecular flexibility index (Phi) is 12.9. The number of aliphatic hydroxyl groups is 3. The largest absolute Gasteiger partial charge is 1.00 e. The predicted octanol–water partition coefficient (Wildman–Crippen LogP) is -9.69. The minimum atomic E-state index is -5.39. The van der Waals surface area contributed by atoms with E-state index in [9.17, 15) is 39.3 Å². The molecule has 14 nitrogen and oxygen atoms in total. The number of hydrogen-bond donors (Lipinski definition) is 4. The quantitative estimate of drug-likeness (QED) is 0.130. The first-order valence-electron chi connectivity index (χ1n) is 9.00. The Hall–Kier alpha value is -0.550. The van der Waals surface area contributed by atoms with Crippen LogP contribution in [0.15, 0.2) is 21.7 Å². The Morgan fingerprint density at radius 3 is 2.26 bits per heavy atom. The second-order valence-electron chi connectivity index (χ2n) is 7.06. The van der Waals surface area contributed by atoms with Crippen LogP contribution in [-0.4, -0.2) is 65.2 Å². The maximum Gasteiger partial charge on any atom is 1.00 e. The number of aryl methyl sites for hydroxylation is 2. The third-order valence-corrected chi connectivity index (χ3v) is 5.25. The molecule has 3 unspecified atom stereocenters. The summed E-state index contributed by atoms with van der Waals surface area (Å²) in [6.07, 6.45) is -5.58. The maximum absolute atomic E-state index is 12.2. The maximum atomic E-state index is 12.2. The van der Waals surface area contributed by atoms with Gasteiger partial charge in [0.05, 0.1) is 32.0 Å². The number of fused-ring (bicyclic) bond motifs is 2. The van der Waals surface area contributed by atoms with Gasteiger partial charge in [-0.15, -0.1) is 0 Å². The smallest absolute Gasteiger partial charge is 0.790 e. The van der Waals surface area contributed by atoms with Gasteiger partial charge in [-0.1, -0.05) is 0 Å². The number of phosphoric acid groups is 1. The van der Waals surface area contributed by atoms with Crippen LogP contribution in [0.3, 0.4) is 0 Å². The van der Waals surface area contributed by atoms with Gasteiger partial charge < -0.3 is 44.2 Å². The van der Waals surface area contributed by atoms with Crippen molar-refractivity contribution in [2.45, 2.75) is 38.7 Å². The van der Waals surface area contributed by atoms with E-state index in [1.807, 2.05) is 18.8 Å². The van der Waals surface area contributed by atoms with Crippen molar-refractivity contribution >= 4 is 18.9 Å². The number of hydrogen-bond acceptors (Lipinski definition) is 11. The summed E-state index contributed by atoms with van der Waals surface area (Å²) in [4.78, 5) is 55.1.